The molecule has 0 aliphatic carbocycles. The quantitative estimate of drug-likeness (QED) is 0.657. The van der Waals surface area contributed by atoms with Crippen LogP contribution in [0.4, 0.5) is 0 Å². The SMILES string of the molecule is COC(=O)c1cc2c(cc1C)OCCO2. The maximum Gasteiger partial charge on any atom is 0.338 e. The Hall–Kier alpha value is -1.71. The Labute approximate surface area is 87.8 Å². The van der Waals surface area contributed by atoms with Gasteiger partial charge in [-0.3, -0.25) is 0 Å². The molecule has 4 nitrogen and oxygen atoms in total. The van der Waals surface area contributed by atoms with E-state index in [-0.39, 0.29) is 5.97 Å². The van der Waals surface area contributed by atoms with Gasteiger partial charge in [0.25, 0.3) is 0 Å². The van der Waals surface area contributed by atoms with Gasteiger partial charge in [-0.15, -0.1) is 0 Å². The van der Waals surface area contributed by atoms with E-state index in [2.05, 4.69) is 4.74 Å². The average molecular weight is 208 g/mol. The molecule has 0 aromatic heterocycles. The molecule has 1 aliphatic heterocycles. The van der Waals surface area contributed by atoms with Gasteiger partial charge in [0.1, 0.15) is 13.2 Å². The average Bonchev–Trinajstić information content (AvgIpc) is 2.27. The van der Waals surface area contributed by atoms with Gasteiger partial charge in [0.05, 0.1) is 12.7 Å². The van der Waals surface area contributed by atoms with Crippen LogP contribution in [0.3, 0.4) is 0 Å². The van der Waals surface area contributed by atoms with E-state index in [0.29, 0.717) is 30.3 Å². The normalized spacial score (nSPS) is 13.5. The minimum absolute atomic E-state index is 0.357. The first-order valence-electron chi connectivity index (χ1n) is 4.71. The van der Waals surface area contributed by atoms with Gasteiger partial charge in [0.15, 0.2) is 11.5 Å². The third kappa shape index (κ3) is 1.75. The number of carbonyl (C=O) groups excluding carboxylic acids is 1. The van der Waals surface area contributed by atoms with Crippen molar-refractivity contribution in [3.63, 3.8) is 0 Å². The molecule has 4 heteroatoms. The van der Waals surface area contributed by atoms with Crippen LogP contribution in [-0.2, 0) is 4.74 Å². The van der Waals surface area contributed by atoms with E-state index in [4.69, 9.17) is 9.47 Å². The van der Waals surface area contributed by atoms with E-state index >= 15 is 0 Å². The Bertz CT molecular complexity index is 398. The predicted molar refractivity (Wildman–Crippen MR) is 53.5 cm³/mol. The number of fused-ring (bicyclic) bond motifs is 1. The first-order valence-corrected chi connectivity index (χ1v) is 4.71. The maximum absolute atomic E-state index is 11.4. The van der Waals surface area contributed by atoms with Gasteiger partial charge in [-0.1, -0.05) is 0 Å². The molecule has 0 N–H and O–H groups in total. The fraction of sp³-hybridized carbons (Fsp3) is 0.364. The largest absolute Gasteiger partial charge is 0.486 e. The summed E-state index contributed by atoms with van der Waals surface area (Å²) < 4.78 is 15.4. The highest BCUT2D eigenvalue weighted by atomic mass is 16.6. The zero-order valence-electron chi connectivity index (χ0n) is 8.70. The monoisotopic (exact) mass is 208 g/mol. The second-order valence-electron chi connectivity index (χ2n) is 3.30. The number of carbonyl (C=O) groups is 1. The molecule has 0 bridgehead atoms. The van der Waals surface area contributed by atoms with Crippen LogP contribution in [0.1, 0.15) is 15.9 Å². The molecule has 15 heavy (non-hydrogen) atoms. The smallest absolute Gasteiger partial charge is 0.338 e. The van der Waals surface area contributed by atoms with Crippen molar-refractivity contribution in [2.45, 2.75) is 6.92 Å². The summed E-state index contributed by atoms with van der Waals surface area (Å²) in [6.45, 7) is 2.89. The van der Waals surface area contributed by atoms with Crippen molar-refractivity contribution in [2.75, 3.05) is 20.3 Å². The van der Waals surface area contributed by atoms with E-state index in [9.17, 15) is 4.79 Å². The first kappa shape index (κ1) is 9.83. The van der Waals surface area contributed by atoms with Crippen LogP contribution >= 0.6 is 0 Å². The van der Waals surface area contributed by atoms with E-state index < -0.39 is 0 Å². The van der Waals surface area contributed by atoms with Crippen LogP contribution in [0.2, 0.25) is 0 Å². The second kappa shape index (κ2) is 3.81. The zero-order chi connectivity index (χ0) is 10.8. The molecule has 1 aliphatic rings. The lowest BCUT2D eigenvalue weighted by Crippen LogP contribution is -2.16. The Balaban J connectivity index is 2.44. The lowest BCUT2D eigenvalue weighted by Gasteiger charge is -2.19. The van der Waals surface area contributed by atoms with Crippen molar-refractivity contribution < 1.29 is 19.0 Å². The maximum atomic E-state index is 11.4. The topological polar surface area (TPSA) is 44.8 Å². The lowest BCUT2D eigenvalue weighted by molar-refractivity contribution is 0.0598. The minimum atomic E-state index is -0.357. The molecule has 0 fully saturated rings. The molecule has 0 saturated heterocycles. The molecule has 1 aromatic rings. The zero-order valence-corrected chi connectivity index (χ0v) is 8.70. The Morgan fingerprint density at radius 1 is 1.27 bits per heavy atom. The molecule has 0 atom stereocenters. The van der Waals surface area contributed by atoms with Gasteiger partial charge < -0.3 is 14.2 Å². The summed E-state index contributed by atoms with van der Waals surface area (Å²) in [4.78, 5) is 11.4. The third-order valence-electron chi connectivity index (χ3n) is 2.29. The number of benzene rings is 1. The number of ether oxygens (including phenoxy) is 3. The van der Waals surface area contributed by atoms with E-state index in [1.54, 1.807) is 12.1 Å². The summed E-state index contributed by atoms with van der Waals surface area (Å²) in [6.07, 6.45) is 0. The fourth-order valence-corrected chi connectivity index (χ4v) is 1.52. The van der Waals surface area contributed by atoms with Gasteiger partial charge in [0.2, 0.25) is 0 Å². The molecule has 80 valence electrons. The number of aryl methyl sites for hydroxylation is 1. The predicted octanol–water partition coefficient (Wildman–Crippen LogP) is 1.55. The van der Waals surface area contributed by atoms with Crippen molar-refractivity contribution in [1.82, 2.24) is 0 Å². The standard InChI is InChI=1S/C11H12O4/c1-7-5-9-10(15-4-3-14-9)6-8(7)11(12)13-2/h5-6H,3-4H2,1-2H3. The summed E-state index contributed by atoms with van der Waals surface area (Å²) in [5, 5.41) is 0. The van der Waals surface area contributed by atoms with E-state index in [1.165, 1.54) is 7.11 Å². The summed E-state index contributed by atoms with van der Waals surface area (Å²) in [7, 11) is 1.36. The highest BCUT2D eigenvalue weighted by Crippen LogP contribution is 2.33. The summed E-state index contributed by atoms with van der Waals surface area (Å²) >= 11 is 0. The highest BCUT2D eigenvalue weighted by Gasteiger charge is 2.17. The fourth-order valence-electron chi connectivity index (χ4n) is 1.52. The number of hydrogen-bond donors (Lipinski definition) is 0. The molecule has 0 amide bonds. The van der Waals surface area contributed by atoms with E-state index in [1.807, 2.05) is 6.92 Å². The third-order valence-corrected chi connectivity index (χ3v) is 2.29. The number of methoxy groups -OCH3 is 1. The van der Waals surface area contributed by atoms with Gasteiger partial charge in [0, 0.05) is 0 Å². The van der Waals surface area contributed by atoms with Crippen molar-refractivity contribution in [3.8, 4) is 11.5 Å². The number of esters is 1. The molecule has 1 heterocycles. The van der Waals surface area contributed by atoms with Gasteiger partial charge in [-0.25, -0.2) is 4.79 Å². The summed E-state index contributed by atoms with van der Waals surface area (Å²) in [5.41, 5.74) is 1.34. The van der Waals surface area contributed by atoms with Crippen molar-refractivity contribution in [3.05, 3.63) is 23.3 Å². The van der Waals surface area contributed by atoms with Crippen LogP contribution in [0, 0.1) is 6.92 Å². The van der Waals surface area contributed by atoms with Crippen LogP contribution < -0.4 is 9.47 Å². The highest BCUT2D eigenvalue weighted by molar-refractivity contribution is 5.91. The minimum Gasteiger partial charge on any atom is -0.486 e. The van der Waals surface area contributed by atoms with Gasteiger partial charge >= 0.3 is 5.97 Å². The first-order chi connectivity index (χ1) is 7.22. The summed E-state index contributed by atoms with van der Waals surface area (Å²) in [5.74, 6) is 0.933. The Kier molecular flexibility index (Phi) is 2.49. The number of hydrogen-bond acceptors (Lipinski definition) is 4. The van der Waals surface area contributed by atoms with Crippen LogP contribution in [0.15, 0.2) is 12.1 Å². The lowest BCUT2D eigenvalue weighted by atomic mass is 10.1. The molecular formula is C11H12O4. The van der Waals surface area contributed by atoms with Crippen molar-refractivity contribution >= 4 is 5.97 Å². The van der Waals surface area contributed by atoms with Crippen LogP contribution in [0.25, 0.3) is 0 Å². The molecule has 0 saturated carbocycles. The van der Waals surface area contributed by atoms with E-state index in [0.717, 1.165) is 5.56 Å². The number of rotatable bonds is 1. The van der Waals surface area contributed by atoms with Crippen molar-refractivity contribution in [2.24, 2.45) is 0 Å². The molecular weight excluding hydrogens is 196 g/mol. The molecule has 2 rings (SSSR count). The molecule has 1 aromatic carbocycles. The van der Waals surface area contributed by atoms with Gasteiger partial charge in [-0.2, -0.15) is 0 Å². The Morgan fingerprint density at radius 2 is 1.87 bits per heavy atom. The van der Waals surface area contributed by atoms with Crippen LogP contribution in [0.5, 0.6) is 11.5 Å². The molecule has 0 unspecified atom stereocenters. The van der Waals surface area contributed by atoms with Crippen LogP contribution in [-0.4, -0.2) is 26.3 Å². The molecule has 0 spiro atoms. The summed E-state index contributed by atoms with van der Waals surface area (Å²) in [6, 6.07) is 3.45. The van der Waals surface area contributed by atoms with Gasteiger partial charge in [-0.05, 0) is 24.6 Å². The second-order valence-corrected chi connectivity index (χ2v) is 3.30. The Morgan fingerprint density at radius 3 is 2.47 bits per heavy atom. The molecule has 0 radical (unpaired) electrons. The van der Waals surface area contributed by atoms with Crippen molar-refractivity contribution in [1.29, 1.82) is 0 Å².